The van der Waals surface area contributed by atoms with E-state index >= 15 is 0 Å². The molecule has 1 N–H and O–H groups in total. The quantitative estimate of drug-likeness (QED) is 0.697. The Bertz CT molecular complexity index is 972. The fraction of sp³-hybridized carbons (Fsp3) is 0.350. The molecule has 1 saturated heterocycles. The smallest absolute Gasteiger partial charge is 0.262 e. The minimum absolute atomic E-state index is 0.217. The molecule has 156 valence electrons. The molecule has 2 aromatic carbocycles. The Kier molecular flexibility index (Phi) is 7.05. The molecule has 0 bridgehead atoms. The van der Waals surface area contributed by atoms with Crippen molar-refractivity contribution in [3.8, 4) is 5.75 Å². The minimum Gasteiger partial charge on any atom is -0.484 e. The molecule has 0 spiro atoms. The van der Waals surface area contributed by atoms with E-state index in [1.54, 1.807) is 30.3 Å². The van der Waals surface area contributed by atoms with Crippen molar-refractivity contribution in [3.05, 3.63) is 52.5 Å². The third kappa shape index (κ3) is 5.42. The molecule has 1 aliphatic heterocycles. The maximum atomic E-state index is 12.7. The molecule has 3 rings (SSSR count). The number of nitrogens with zero attached hydrogens (tertiary/aromatic N) is 1. The molecule has 1 amide bonds. The van der Waals surface area contributed by atoms with Crippen LogP contribution in [0.3, 0.4) is 0 Å². The number of halogens is 2. The second-order valence-corrected chi connectivity index (χ2v) is 9.72. The van der Waals surface area contributed by atoms with Crippen molar-refractivity contribution in [1.82, 2.24) is 4.31 Å². The number of hydrogen-bond acceptors (Lipinski definition) is 4. The van der Waals surface area contributed by atoms with Crippen LogP contribution in [0.2, 0.25) is 10.0 Å². The summed E-state index contributed by atoms with van der Waals surface area (Å²) < 4.78 is 32.4. The number of nitrogens with one attached hydrogen (secondary N) is 1. The Balaban J connectivity index is 1.58. The zero-order valence-corrected chi connectivity index (χ0v) is 18.2. The maximum Gasteiger partial charge on any atom is 0.262 e. The van der Waals surface area contributed by atoms with Crippen LogP contribution in [0.15, 0.2) is 47.4 Å². The zero-order valence-electron chi connectivity index (χ0n) is 15.9. The Morgan fingerprint density at radius 3 is 2.45 bits per heavy atom. The molecule has 1 aliphatic rings. The summed E-state index contributed by atoms with van der Waals surface area (Å²) in [6.45, 7) is 2.95. The van der Waals surface area contributed by atoms with Gasteiger partial charge in [-0.3, -0.25) is 4.79 Å². The van der Waals surface area contributed by atoms with E-state index in [1.165, 1.54) is 16.4 Å². The molecule has 0 radical (unpaired) electrons. The Morgan fingerprint density at radius 2 is 1.79 bits per heavy atom. The largest absolute Gasteiger partial charge is 0.484 e. The molecule has 0 aromatic heterocycles. The Hall–Kier alpha value is -1.80. The number of carbonyl (C=O) groups excluding carboxylic acids is 1. The minimum atomic E-state index is -3.51. The predicted molar refractivity (Wildman–Crippen MR) is 114 cm³/mol. The third-order valence-corrected chi connectivity index (χ3v) is 7.53. The molecule has 9 heteroatoms. The lowest BCUT2D eigenvalue weighted by Crippen LogP contribution is -2.37. The van der Waals surface area contributed by atoms with Gasteiger partial charge in [0.1, 0.15) is 5.75 Å². The van der Waals surface area contributed by atoms with Crippen molar-refractivity contribution in [3.63, 3.8) is 0 Å². The summed E-state index contributed by atoms with van der Waals surface area (Å²) in [4.78, 5) is 12.3. The maximum absolute atomic E-state index is 12.7. The molecular weight excluding hydrogens is 435 g/mol. The van der Waals surface area contributed by atoms with Crippen molar-refractivity contribution >= 4 is 44.8 Å². The first-order valence-corrected chi connectivity index (χ1v) is 11.4. The number of hydrogen-bond donors (Lipinski definition) is 1. The summed E-state index contributed by atoms with van der Waals surface area (Å²) in [6.07, 6.45) is 1.73. The van der Waals surface area contributed by atoms with Crippen LogP contribution in [0.5, 0.6) is 5.75 Å². The summed E-state index contributed by atoms with van der Waals surface area (Å²) in [5, 5.41) is 3.21. The molecule has 1 fully saturated rings. The second kappa shape index (κ2) is 9.34. The van der Waals surface area contributed by atoms with Gasteiger partial charge < -0.3 is 10.1 Å². The highest BCUT2D eigenvalue weighted by atomic mass is 35.5. The first-order chi connectivity index (χ1) is 13.8. The van der Waals surface area contributed by atoms with Crippen LogP contribution < -0.4 is 10.1 Å². The fourth-order valence-electron chi connectivity index (χ4n) is 3.02. The van der Waals surface area contributed by atoms with Crippen LogP contribution in [-0.2, 0) is 14.8 Å². The summed E-state index contributed by atoms with van der Waals surface area (Å²) in [5.74, 6) is 0.530. The van der Waals surface area contributed by atoms with E-state index in [0.29, 0.717) is 35.5 Å². The topological polar surface area (TPSA) is 75.7 Å². The zero-order chi connectivity index (χ0) is 21.0. The van der Waals surface area contributed by atoms with Crippen molar-refractivity contribution in [2.24, 2.45) is 5.92 Å². The van der Waals surface area contributed by atoms with Crippen molar-refractivity contribution < 1.29 is 17.9 Å². The number of carbonyl (C=O) groups is 1. The number of amides is 1. The van der Waals surface area contributed by atoms with Crippen LogP contribution >= 0.6 is 23.2 Å². The first-order valence-electron chi connectivity index (χ1n) is 9.24. The highest BCUT2D eigenvalue weighted by molar-refractivity contribution is 7.89. The fourth-order valence-corrected chi connectivity index (χ4v) is 4.84. The van der Waals surface area contributed by atoms with Crippen molar-refractivity contribution in [2.75, 3.05) is 25.0 Å². The van der Waals surface area contributed by atoms with Gasteiger partial charge in [-0.15, -0.1) is 0 Å². The van der Waals surface area contributed by atoms with Crippen molar-refractivity contribution in [2.45, 2.75) is 24.7 Å². The Labute approximate surface area is 180 Å². The highest BCUT2D eigenvalue weighted by Gasteiger charge is 2.27. The molecule has 6 nitrogen and oxygen atoms in total. The lowest BCUT2D eigenvalue weighted by Gasteiger charge is -2.29. The van der Waals surface area contributed by atoms with E-state index < -0.39 is 15.9 Å². The van der Waals surface area contributed by atoms with Crippen LogP contribution in [0.4, 0.5) is 5.69 Å². The molecule has 0 atom stereocenters. The predicted octanol–water partition coefficient (Wildman–Crippen LogP) is 4.43. The molecule has 1 heterocycles. The summed E-state index contributed by atoms with van der Waals surface area (Å²) >= 11 is 12.0. The van der Waals surface area contributed by atoms with Gasteiger partial charge in [-0.25, -0.2) is 8.42 Å². The van der Waals surface area contributed by atoms with Crippen LogP contribution in [-0.4, -0.2) is 38.3 Å². The van der Waals surface area contributed by atoms with Gasteiger partial charge in [-0.1, -0.05) is 36.2 Å². The normalized spacial score (nSPS) is 15.8. The van der Waals surface area contributed by atoms with Gasteiger partial charge in [0.25, 0.3) is 5.91 Å². The van der Waals surface area contributed by atoms with E-state index in [1.807, 2.05) is 0 Å². The molecule has 0 unspecified atom stereocenters. The van der Waals surface area contributed by atoms with E-state index in [2.05, 4.69) is 12.2 Å². The van der Waals surface area contributed by atoms with Gasteiger partial charge >= 0.3 is 0 Å². The molecule has 0 saturated carbocycles. The van der Waals surface area contributed by atoms with Crippen LogP contribution in [0, 0.1) is 5.92 Å². The van der Waals surface area contributed by atoms with Gasteiger partial charge in [0.05, 0.1) is 20.6 Å². The number of sulfonamides is 1. The first kappa shape index (κ1) is 21.9. The molecular formula is C20H22Cl2N2O4S. The SMILES string of the molecule is CC1CCN(S(=O)(=O)c2ccc(OCC(=O)Nc3cccc(Cl)c3Cl)cc2)CC1. The van der Waals surface area contributed by atoms with Crippen LogP contribution in [0.25, 0.3) is 0 Å². The van der Waals surface area contributed by atoms with Gasteiger partial charge in [0.15, 0.2) is 6.61 Å². The van der Waals surface area contributed by atoms with E-state index in [4.69, 9.17) is 27.9 Å². The number of ether oxygens (including phenoxy) is 1. The molecule has 2 aromatic rings. The second-order valence-electron chi connectivity index (χ2n) is 7.00. The monoisotopic (exact) mass is 456 g/mol. The lowest BCUT2D eigenvalue weighted by molar-refractivity contribution is -0.118. The van der Waals surface area contributed by atoms with Crippen molar-refractivity contribution in [1.29, 1.82) is 0 Å². The number of benzene rings is 2. The van der Waals surface area contributed by atoms with Crippen LogP contribution in [0.1, 0.15) is 19.8 Å². The molecule has 0 aliphatic carbocycles. The molecule has 29 heavy (non-hydrogen) atoms. The van der Waals surface area contributed by atoms with E-state index in [-0.39, 0.29) is 16.5 Å². The van der Waals surface area contributed by atoms with Gasteiger partial charge in [0.2, 0.25) is 10.0 Å². The summed E-state index contributed by atoms with van der Waals surface area (Å²) in [5.41, 5.74) is 0.394. The standard InChI is InChI=1S/C20H22Cl2N2O4S/c1-14-9-11-24(12-10-14)29(26,27)16-7-5-15(6-8-16)28-13-19(25)23-18-4-2-3-17(21)20(18)22/h2-8,14H,9-13H2,1H3,(H,23,25). The van der Waals surface area contributed by atoms with E-state index in [9.17, 15) is 13.2 Å². The number of rotatable bonds is 6. The third-order valence-electron chi connectivity index (χ3n) is 4.80. The average molecular weight is 457 g/mol. The lowest BCUT2D eigenvalue weighted by atomic mass is 10.0. The summed E-state index contributed by atoms with van der Waals surface area (Å²) in [7, 11) is -3.51. The number of piperidine rings is 1. The highest BCUT2D eigenvalue weighted by Crippen LogP contribution is 2.29. The van der Waals surface area contributed by atoms with Gasteiger partial charge in [-0.2, -0.15) is 4.31 Å². The van der Waals surface area contributed by atoms with E-state index in [0.717, 1.165) is 12.8 Å². The van der Waals surface area contributed by atoms with Gasteiger partial charge in [0, 0.05) is 13.1 Å². The summed E-state index contributed by atoms with van der Waals surface area (Å²) in [6, 6.07) is 11.0. The number of anilines is 1. The van der Waals surface area contributed by atoms with Gasteiger partial charge in [-0.05, 0) is 55.2 Å². The average Bonchev–Trinajstić information content (AvgIpc) is 2.70. The Morgan fingerprint density at radius 1 is 1.14 bits per heavy atom.